The first-order valence-corrected chi connectivity index (χ1v) is 14.3. The number of carbonyl (C=O) groups is 1. The Hall–Kier alpha value is -3.68. The Labute approximate surface area is 236 Å². The minimum atomic E-state index is -4.49. The Kier molecular flexibility index (Phi) is 8.90. The van der Waals surface area contributed by atoms with Crippen LogP contribution in [0.25, 0.3) is 11.1 Å². The highest BCUT2D eigenvalue weighted by Crippen LogP contribution is 2.36. The maximum atomic E-state index is 13.7. The zero-order valence-electron chi connectivity index (χ0n) is 22.7. The second-order valence-corrected chi connectivity index (χ2v) is 11.9. The van der Waals surface area contributed by atoms with E-state index in [0.29, 0.717) is 5.56 Å². The van der Waals surface area contributed by atoms with Gasteiger partial charge in [0.05, 0.1) is 18.7 Å². The minimum absolute atomic E-state index is 0.0225. The maximum absolute atomic E-state index is 13.7. The number of rotatable bonds is 6. The van der Waals surface area contributed by atoms with Gasteiger partial charge in [0.25, 0.3) is 0 Å². The molecule has 0 fully saturated rings. The van der Waals surface area contributed by atoms with Gasteiger partial charge >= 0.3 is 12.2 Å². The number of aliphatic hydroxyl groups excluding tert-OH is 1. The van der Waals surface area contributed by atoms with E-state index in [9.17, 15) is 31.5 Å². The first kappa shape index (κ1) is 30.3. The van der Waals surface area contributed by atoms with E-state index in [4.69, 9.17) is 4.74 Å². The fourth-order valence-electron chi connectivity index (χ4n) is 4.48. The molecule has 1 aromatic heterocycles. The largest absolute Gasteiger partial charge is 0.487 e. The SMILES string of the molecule is C[C@H](CO)N1C[C@H](C)[C@@H](CN(C)C(=O)Nc2ccc(C(F)(F)F)cc2)Oc2cc(-c3ccncc3)ccc2S1(=O)=O. The number of alkyl halides is 3. The monoisotopic (exact) mass is 592 g/mol. The number of sulfonamides is 1. The Bertz CT molecular complexity index is 1470. The van der Waals surface area contributed by atoms with Crippen LogP contribution >= 0.6 is 0 Å². The molecule has 9 nitrogen and oxygen atoms in total. The molecule has 4 rings (SSSR count). The van der Waals surface area contributed by atoms with Crippen LogP contribution in [0.3, 0.4) is 0 Å². The Morgan fingerprint density at radius 3 is 2.41 bits per heavy atom. The molecule has 2 amide bonds. The number of urea groups is 1. The van der Waals surface area contributed by atoms with Crippen molar-refractivity contribution in [1.29, 1.82) is 0 Å². The third-order valence-corrected chi connectivity index (χ3v) is 8.96. The lowest BCUT2D eigenvalue weighted by atomic mass is 10.0. The van der Waals surface area contributed by atoms with Crippen LogP contribution in [0.1, 0.15) is 19.4 Å². The Morgan fingerprint density at radius 1 is 1.15 bits per heavy atom. The summed E-state index contributed by atoms with van der Waals surface area (Å²) in [5.74, 6) is -0.319. The van der Waals surface area contributed by atoms with Gasteiger partial charge in [0, 0.05) is 43.6 Å². The molecule has 0 unspecified atom stereocenters. The Balaban J connectivity index is 1.63. The number of amides is 2. The second-order valence-electron chi connectivity index (χ2n) is 10.0. The van der Waals surface area contributed by atoms with E-state index in [1.807, 2.05) is 0 Å². The van der Waals surface area contributed by atoms with Crippen molar-refractivity contribution in [2.75, 3.05) is 32.1 Å². The summed E-state index contributed by atoms with van der Waals surface area (Å²) in [6.45, 7) is 3.06. The van der Waals surface area contributed by atoms with Gasteiger partial charge in [-0.3, -0.25) is 4.98 Å². The van der Waals surface area contributed by atoms with Gasteiger partial charge in [-0.25, -0.2) is 13.2 Å². The molecule has 1 aliphatic heterocycles. The number of hydrogen-bond donors (Lipinski definition) is 2. The smallest absolute Gasteiger partial charge is 0.416 e. The number of benzene rings is 2. The lowest BCUT2D eigenvalue weighted by molar-refractivity contribution is -0.137. The standard InChI is InChI=1S/C28H31F3N4O5S/c1-18-15-35(19(2)17-36)41(38,39)26-9-4-21(20-10-12-32-13-11-20)14-24(26)40-25(18)16-34(3)27(37)33-23-7-5-22(6-8-23)28(29,30)31/h4-14,18-19,25,36H,15-17H2,1-3H3,(H,33,37)/t18-,19+,25+/m0/s1. The molecule has 0 saturated carbocycles. The summed E-state index contributed by atoms with van der Waals surface area (Å²) in [6.07, 6.45) is -1.94. The number of ether oxygens (including phenoxy) is 1. The zero-order chi connectivity index (χ0) is 29.9. The van der Waals surface area contributed by atoms with Gasteiger partial charge in [-0.2, -0.15) is 17.5 Å². The lowest BCUT2D eigenvalue weighted by Crippen LogP contribution is -2.50. The predicted octanol–water partition coefficient (Wildman–Crippen LogP) is 4.70. The van der Waals surface area contributed by atoms with Crippen LogP contribution in [-0.2, 0) is 16.2 Å². The quantitative estimate of drug-likeness (QED) is 0.429. The van der Waals surface area contributed by atoms with Gasteiger partial charge in [0.2, 0.25) is 10.0 Å². The molecule has 1 aliphatic rings. The molecule has 41 heavy (non-hydrogen) atoms. The van der Waals surface area contributed by atoms with Gasteiger partial charge in [-0.1, -0.05) is 13.0 Å². The molecule has 0 aliphatic carbocycles. The zero-order valence-corrected chi connectivity index (χ0v) is 23.5. The van der Waals surface area contributed by atoms with Crippen LogP contribution in [-0.4, -0.2) is 72.6 Å². The molecule has 3 aromatic rings. The fraction of sp³-hybridized carbons (Fsp3) is 0.357. The molecule has 0 bridgehead atoms. The average Bonchev–Trinajstić information content (AvgIpc) is 2.94. The van der Waals surface area contributed by atoms with Gasteiger partial charge in [-0.15, -0.1) is 0 Å². The van der Waals surface area contributed by atoms with Gasteiger partial charge in [0.1, 0.15) is 16.7 Å². The summed E-state index contributed by atoms with van der Waals surface area (Å²) in [6, 6.07) is 11.1. The van der Waals surface area contributed by atoms with E-state index in [0.717, 1.165) is 17.7 Å². The highest BCUT2D eigenvalue weighted by Gasteiger charge is 2.38. The number of aromatic nitrogens is 1. The number of fused-ring (bicyclic) bond motifs is 1. The molecule has 0 radical (unpaired) electrons. The topological polar surface area (TPSA) is 112 Å². The molecule has 3 atom stereocenters. The summed E-state index contributed by atoms with van der Waals surface area (Å²) in [7, 11) is -2.54. The number of halogens is 3. The van der Waals surface area contributed by atoms with E-state index in [2.05, 4.69) is 10.3 Å². The van der Waals surface area contributed by atoms with E-state index in [-0.39, 0.29) is 29.4 Å². The molecule has 13 heteroatoms. The van der Waals surface area contributed by atoms with Crippen molar-refractivity contribution in [2.24, 2.45) is 5.92 Å². The minimum Gasteiger partial charge on any atom is -0.487 e. The third kappa shape index (κ3) is 6.80. The van der Waals surface area contributed by atoms with Crippen molar-refractivity contribution in [2.45, 2.75) is 37.1 Å². The number of nitrogens with zero attached hydrogens (tertiary/aromatic N) is 3. The van der Waals surface area contributed by atoms with Gasteiger partial charge in [0.15, 0.2) is 0 Å². The van der Waals surface area contributed by atoms with Crippen LogP contribution in [0.2, 0.25) is 0 Å². The number of likely N-dealkylation sites (N-methyl/N-ethyl adjacent to an activating group) is 1. The van der Waals surface area contributed by atoms with Crippen molar-refractivity contribution in [1.82, 2.24) is 14.2 Å². The van der Waals surface area contributed by atoms with Gasteiger partial charge < -0.3 is 20.1 Å². The predicted molar refractivity (Wildman–Crippen MR) is 147 cm³/mol. The molecule has 0 saturated heterocycles. The highest BCUT2D eigenvalue weighted by atomic mass is 32.2. The molecule has 0 spiro atoms. The number of nitrogens with one attached hydrogen (secondary N) is 1. The number of anilines is 1. The van der Waals surface area contributed by atoms with E-state index in [1.165, 1.54) is 34.5 Å². The van der Waals surface area contributed by atoms with Crippen LogP contribution in [0.15, 0.2) is 71.9 Å². The number of hydrogen-bond acceptors (Lipinski definition) is 6. The maximum Gasteiger partial charge on any atom is 0.416 e. The molecule has 220 valence electrons. The fourth-order valence-corrected chi connectivity index (χ4v) is 6.31. The normalized spacial score (nSPS) is 19.7. The van der Waals surface area contributed by atoms with Crippen molar-refractivity contribution in [3.05, 3.63) is 72.6 Å². The number of carbonyl (C=O) groups excluding carboxylic acids is 1. The molecule has 2 aromatic carbocycles. The summed E-state index contributed by atoms with van der Waals surface area (Å²) in [5.41, 5.74) is 0.845. The first-order valence-electron chi connectivity index (χ1n) is 12.8. The van der Waals surface area contributed by atoms with Crippen LogP contribution < -0.4 is 10.1 Å². The second kappa shape index (κ2) is 12.0. The first-order chi connectivity index (χ1) is 19.3. The Morgan fingerprint density at radius 2 is 1.80 bits per heavy atom. The number of aliphatic hydroxyl groups is 1. The average molecular weight is 593 g/mol. The lowest BCUT2D eigenvalue weighted by Gasteiger charge is -2.37. The van der Waals surface area contributed by atoms with Crippen LogP contribution in [0.5, 0.6) is 5.75 Å². The van der Waals surface area contributed by atoms with Crippen molar-refractivity contribution >= 4 is 21.7 Å². The number of pyridine rings is 1. The molecule has 2 N–H and O–H groups in total. The van der Waals surface area contributed by atoms with E-state index < -0.39 is 52.5 Å². The molecular weight excluding hydrogens is 561 g/mol. The highest BCUT2D eigenvalue weighted by molar-refractivity contribution is 7.89. The summed E-state index contributed by atoms with van der Waals surface area (Å²) < 4.78 is 73.5. The molecular formula is C28H31F3N4O5S. The van der Waals surface area contributed by atoms with Crippen LogP contribution in [0, 0.1) is 5.92 Å². The molecule has 2 heterocycles. The van der Waals surface area contributed by atoms with Crippen LogP contribution in [0.4, 0.5) is 23.7 Å². The summed E-state index contributed by atoms with van der Waals surface area (Å²) in [4.78, 5) is 18.2. The summed E-state index contributed by atoms with van der Waals surface area (Å²) >= 11 is 0. The van der Waals surface area contributed by atoms with Crippen molar-refractivity contribution in [3.8, 4) is 16.9 Å². The van der Waals surface area contributed by atoms with Crippen molar-refractivity contribution in [3.63, 3.8) is 0 Å². The summed E-state index contributed by atoms with van der Waals surface area (Å²) in [5, 5.41) is 12.4. The van der Waals surface area contributed by atoms with Crippen molar-refractivity contribution < 1.29 is 36.2 Å². The van der Waals surface area contributed by atoms with E-state index in [1.54, 1.807) is 50.5 Å². The van der Waals surface area contributed by atoms with Gasteiger partial charge in [-0.05, 0) is 66.6 Å². The third-order valence-electron chi connectivity index (χ3n) is 6.94. The van der Waals surface area contributed by atoms with E-state index >= 15 is 0 Å².